The lowest BCUT2D eigenvalue weighted by Gasteiger charge is -2.15. The van der Waals surface area contributed by atoms with Gasteiger partial charge in [-0.25, -0.2) is 4.39 Å². The Morgan fingerprint density at radius 3 is 2.50 bits per heavy atom. The summed E-state index contributed by atoms with van der Waals surface area (Å²) in [6.07, 6.45) is 0. The summed E-state index contributed by atoms with van der Waals surface area (Å²) >= 11 is 0. The maximum Gasteiger partial charge on any atom is 0.168 e. The van der Waals surface area contributed by atoms with E-state index in [9.17, 15) is 4.39 Å². The summed E-state index contributed by atoms with van der Waals surface area (Å²) in [7, 11) is 5.32. The van der Waals surface area contributed by atoms with Crippen molar-refractivity contribution in [2.45, 2.75) is 0 Å². The third kappa shape index (κ3) is 2.93. The van der Waals surface area contributed by atoms with Gasteiger partial charge in [-0.05, 0) is 12.1 Å². The monoisotopic (exact) mass is 276 g/mol. The van der Waals surface area contributed by atoms with Crippen LogP contribution >= 0.6 is 0 Å². The zero-order valence-corrected chi connectivity index (χ0v) is 11.7. The van der Waals surface area contributed by atoms with Gasteiger partial charge in [0.2, 0.25) is 0 Å². The van der Waals surface area contributed by atoms with Gasteiger partial charge in [0.05, 0.1) is 12.8 Å². The highest BCUT2D eigenvalue weighted by Crippen LogP contribution is 2.33. The number of nitrogen functional groups attached to an aromatic ring is 1. The van der Waals surface area contributed by atoms with Gasteiger partial charge in [0.1, 0.15) is 11.5 Å². The van der Waals surface area contributed by atoms with Crippen molar-refractivity contribution < 1.29 is 13.9 Å². The molecule has 0 heterocycles. The predicted molar refractivity (Wildman–Crippen MR) is 78.2 cm³/mol. The molecule has 0 saturated heterocycles. The van der Waals surface area contributed by atoms with Gasteiger partial charge < -0.3 is 20.1 Å². The van der Waals surface area contributed by atoms with E-state index in [1.54, 1.807) is 6.07 Å². The first-order chi connectivity index (χ1) is 9.51. The second-order valence-electron chi connectivity index (χ2n) is 4.52. The van der Waals surface area contributed by atoms with Crippen molar-refractivity contribution in [1.82, 2.24) is 0 Å². The molecule has 0 aliphatic rings. The standard InChI is InChI=1S/C15H17FN2O2/c1-18(2)10-5-4-6-11(7-10)20-14-9-15(19-3)13(17)8-12(14)16/h4-9H,17H2,1-3H3. The van der Waals surface area contributed by atoms with E-state index in [0.29, 0.717) is 11.5 Å². The molecule has 0 fully saturated rings. The van der Waals surface area contributed by atoms with Crippen LogP contribution < -0.4 is 20.1 Å². The predicted octanol–water partition coefficient (Wildman–Crippen LogP) is 3.27. The molecule has 0 aliphatic heterocycles. The van der Waals surface area contributed by atoms with Crippen LogP contribution in [0.5, 0.6) is 17.2 Å². The van der Waals surface area contributed by atoms with Crippen molar-refractivity contribution in [3.05, 3.63) is 42.2 Å². The molecule has 0 atom stereocenters. The summed E-state index contributed by atoms with van der Waals surface area (Å²) in [6, 6.07) is 9.98. The van der Waals surface area contributed by atoms with Gasteiger partial charge in [-0.1, -0.05) is 6.07 Å². The van der Waals surface area contributed by atoms with Gasteiger partial charge in [-0.15, -0.1) is 0 Å². The second-order valence-corrected chi connectivity index (χ2v) is 4.52. The van der Waals surface area contributed by atoms with Gasteiger partial charge in [-0.3, -0.25) is 0 Å². The third-order valence-electron chi connectivity index (χ3n) is 2.85. The molecular weight excluding hydrogens is 259 g/mol. The maximum absolute atomic E-state index is 13.8. The highest BCUT2D eigenvalue weighted by atomic mass is 19.1. The Labute approximate surface area is 117 Å². The minimum Gasteiger partial charge on any atom is -0.494 e. The largest absolute Gasteiger partial charge is 0.494 e. The summed E-state index contributed by atoms with van der Waals surface area (Å²) in [5.41, 5.74) is 6.83. The van der Waals surface area contributed by atoms with Gasteiger partial charge in [0.15, 0.2) is 11.6 Å². The molecule has 0 aromatic heterocycles. The van der Waals surface area contributed by atoms with E-state index >= 15 is 0 Å². The fraction of sp³-hybridized carbons (Fsp3) is 0.200. The second kappa shape index (κ2) is 5.69. The van der Waals surface area contributed by atoms with Crippen LogP contribution in [0, 0.1) is 5.82 Å². The number of nitrogens with two attached hydrogens (primary N) is 1. The van der Waals surface area contributed by atoms with Crippen molar-refractivity contribution in [1.29, 1.82) is 0 Å². The van der Waals surface area contributed by atoms with E-state index in [4.69, 9.17) is 15.2 Å². The van der Waals surface area contributed by atoms with Gasteiger partial charge >= 0.3 is 0 Å². The SMILES string of the molecule is COc1cc(Oc2cccc(N(C)C)c2)c(F)cc1N. The molecular formula is C15H17FN2O2. The Balaban J connectivity index is 2.32. The first-order valence-corrected chi connectivity index (χ1v) is 6.09. The van der Waals surface area contributed by atoms with E-state index < -0.39 is 5.82 Å². The van der Waals surface area contributed by atoms with Crippen molar-refractivity contribution >= 4 is 11.4 Å². The zero-order chi connectivity index (χ0) is 14.7. The lowest BCUT2D eigenvalue weighted by Crippen LogP contribution is -2.08. The molecule has 106 valence electrons. The molecule has 0 aliphatic carbocycles. The molecule has 20 heavy (non-hydrogen) atoms. The fourth-order valence-electron chi connectivity index (χ4n) is 1.76. The molecule has 2 rings (SSSR count). The average molecular weight is 276 g/mol. The van der Waals surface area contributed by atoms with Crippen LogP contribution in [-0.4, -0.2) is 21.2 Å². The van der Waals surface area contributed by atoms with Gasteiger partial charge in [0, 0.05) is 38.0 Å². The highest BCUT2D eigenvalue weighted by molar-refractivity contribution is 5.57. The third-order valence-corrected chi connectivity index (χ3v) is 2.85. The number of halogens is 1. The molecule has 5 heteroatoms. The maximum atomic E-state index is 13.8. The normalized spacial score (nSPS) is 10.2. The molecule has 0 bridgehead atoms. The number of anilines is 2. The van der Waals surface area contributed by atoms with E-state index in [2.05, 4.69) is 0 Å². The van der Waals surface area contributed by atoms with E-state index in [-0.39, 0.29) is 11.4 Å². The minimum atomic E-state index is -0.529. The average Bonchev–Trinajstić information content (AvgIpc) is 2.42. The van der Waals surface area contributed by atoms with Crippen molar-refractivity contribution in [3.63, 3.8) is 0 Å². The van der Waals surface area contributed by atoms with Gasteiger partial charge in [-0.2, -0.15) is 0 Å². The van der Waals surface area contributed by atoms with Crippen molar-refractivity contribution in [2.24, 2.45) is 0 Å². The molecule has 4 nitrogen and oxygen atoms in total. The molecule has 2 N–H and O–H groups in total. The van der Waals surface area contributed by atoms with E-state index in [1.807, 2.05) is 37.2 Å². The number of hydrogen-bond donors (Lipinski definition) is 1. The van der Waals surface area contributed by atoms with Crippen LogP contribution in [-0.2, 0) is 0 Å². The lowest BCUT2D eigenvalue weighted by molar-refractivity contribution is 0.403. The summed E-state index contributed by atoms with van der Waals surface area (Å²) in [6.45, 7) is 0. The Bertz CT molecular complexity index is 615. The smallest absolute Gasteiger partial charge is 0.168 e. The summed E-state index contributed by atoms with van der Waals surface area (Å²) < 4.78 is 24.5. The zero-order valence-electron chi connectivity index (χ0n) is 11.7. The molecule has 0 spiro atoms. The summed E-state index contributed by atoms with van der Waals surface area (Å²) in [5, 5.41) is 0. The lowest BCUT2D eigenvalue weighted by atomic mass is 10.2. The van der Waals surface area contributed by atoms with Crippen LogP contribution in [0.15, 0.2) is 36.4 Å². The summed E-state index contributed by atoms with van der Waals surface area (Å²) in [4.78, 5) is 1.94. The van der Waals surface area contributed by atoms with Crippen LogP contribution in [0.2, 0.25) is 0 Å². The first kappa shape index (κ1) is 14.0. The Morgan fingerprint density at radius 1 is 1.10 bits per heavy atom. The van der Waals surface area contributed by atoms with Crippen LogP contribution in [0.25, 0.3) is 0 Å². The number of nitrogens with zero attached hydrogens (tertiary/aromatic N) is 1. The molecule has 0 unspecified atom stereocenters. The number of rotatable bonds is 4. The first-order valence-electron chi connectivity index (χ1n) is 6.09. The Hall–Kier alpha value is -2.43. The topological polar surface area (TPSA) is 47.7 Å². The molecule has 0 amide bonds. The van der Waals surface area contributed by atoms with Crippen molar-refractivity contribution in [2.75, 3.05) is 31.8 Å². The van der Waals surface area contributed by atoms with Crippen LogP contribution in [0.3, 0.4) is 0 Å². The fourth-order valence-corrected chi connectivity index (χ4v) is 1.76. The number of hydrogen-bond acceptors (Lipinski definition) is 4. The number of benzene rings is 2. The van der Waals surface area contributed by atoms with E-state index in [0.717, 1.165) is 5.69 Å². The van der Waals surface area contributed by atoms with E-state index in [1.165, 1.54) is 19.2 Å². The highest BCUT2D eigenvalue weighted by Gasteiger charge is 2.11. The Morgan fingerprint density at radius 2 is 1.85 bits per heavy atom. The quantitative estimate of drug-likeness (QED) is 0.871. The Kier molecular flexibility index (Phi) is 3.98. The van der Waals surface area contributed by atoms with Crippen LogP contribution in [0.1, 0.15) is 0 Å². The van der Waals surface area contributed by atoms with Crippen molar-refractivity contribution in [3.8, 4) is 17.2 Å². The molecule has 0 saturated carbocycles. The summed E-state index contributed by atoms with van der Waals surface area (Å²) in [5.74, 6) is 0.470. The number of ether oxygens (including phenoxy) is 2. The molecule has 0 radical (unpaired) electrons. The molecule has 2 aromatic carbocycles. The minimum absolute atomic E-state index is 0.0759. The van der Waals surface area contributed by atoms with Gasteiger partial charge in [0.25, 0.3) is 0 Å². The number of methoxy groups -OCH3 is 1. The molecule has 2 aromatic rings. The van der Waals surface area contributed by atoms with Crippen LogP contribution in [0.4, 0.5) is 15.8 Å².